The van der Waals surface area contributed by atoms with Crippen LogP contribution in [0.4, 0.5) is 0 Å². The molecule has 0 saturated carbocycles. The van der Waals surface area contributed by atoms with Crippen LogP contribution in [0.25, 0.3) is 11.1 Å². The number of aromatic nitrogens is 1. The van der Waals surface area contributed by atoms with E-state index in [0.717, 1.165) is 0 Å². The summed E-state index contributed by atoms with van der Waals surface area (Å²) in [6, 6.07) is 8.14. The molecular weight excluding hydrogens is 232 g/mol. The summed E-state index contributed by atoms with van der Waals surface area (Å²) in [5.74, 6) is -1.57. The predicted molar refractivity (Wildman–Crippen MR) is 65.2 cm³/mol. The molecule has 1 aromatic carbocycles. The fourth-order valence-corrected chi connectivity index (χ4v) is 1.57. The van der Waals surface area contributed by atoms with Gasteiger partial charge in [0.25, 0.3) is 0 Å². The van der Waals surface area contributed by atoms with Gasteiger partial charge in [-0.15, -0.1) is 0 Å². The van der Waals surface area contributed by atoms with Gasteiger partial charge in [-0.1, -0.05) is 12.1 Å². The van der Waals surface area contributed by atoms with Gasteiger partial charge in [-0.3, -0.25) is 9.78 Å². The summed E-state index contributed by atoms with van der Waals surface area (Å²) in [4.78, 5) is 25.8. The molecule has 0 spiro atoms. The van der Waals surface area contributed by atoms with Crippen LogP contribution in [0.1, 0.15) is 20.7 Å². The van der Waals surface area contributed by atoms with Gasteiger partial charge in [0.2, 0.25) is 5.91 Å². The van der Waals surface area contributed by atoms with Crippen LogP contribution in [0.2, 0.25) is 0 Å². The molecule has 5 nitrogen and oxygen atoms in total. The minimum atomic E-state index is -1.05. The largest absolute Gasteiger partial charge is 0.478 e. The average Bonchev–Trinajstić information content (AvgIpc) is 2.39. The van der Waals surface area contributed by atoms with Gasteiger partial charge in [-0.25, -0.2) is 4.79 Å². The molecule has 0 radical (unpaired) electrons. The highest BCUT2D eigenvalue weighted by Gasteiger charge is 2.07. The van der Waals surface area contributed by atoms with E-state index in [1.165, 1.54) is 18.5 Å². The zero-order valence-corrected chi connectivity index (χ0v) is 9.33. The molecule has 0 unspecified atom stereocenters. The van der Waals surface area contributed by atoms with Crippen LogP contribution >= 0.6 is 0 Å². The van der Waals surface area contributed by atoms with Gasteiger partial charge < -0.3 is 10.8 Å². The molecule has 2 rings (SSSR count). The summed E-state index contributed by atoms with van der Waals surface area (Å²) < 4.78 is 0. The smallest absolute Gasteiger partial charge is 0.337 e. The Kier molecular flexibility index (Phi) is 3.05. The highest BCUT2D eigenvalue weighted by atomic mass is 16.4. The molecule has 1 amide bonds. The van der Waals surface area contributed by atoms with Gasteiger partial charge in [0.1, 0.15) is 0 Å². The van der Waals surface area contributed by atoms with Crippen LogP contribution in [-0.2, 0) is 0 Å². The summed E-state index contributed by atoms with van der Waals surface area (Å²) in [5, 5.41) is 8.88. The Bertz CT molecular complexity index is 568. The number of benzene rings is 1. The Labute approximate surface area is 103 Å². The van der Waals surface area contributed by atoms with E-state index in [1.807, 2.05) is 0 Å². The standard InChI is InChI=1S/C13H10N2O3/c14-12(16)9-3-1-2-8(4-9)10-5-11(13(17)18)7-15-6-10/h1-7H,(H2,14,16)(H,17,18). The highest BCUT2D eigenvalue weighted by molar-refractivity contribution is 5.94. The van der Waals surface area contributed by atoms with Gasteiger partial charge in [0.05, 0.1) is 5.56 Å². The molecule has 0 atom stereocenters. The van der Waals surface area contributed by atoms with E-state index in [9.17, 15) is 9.59 Å². The maximum absolute atomic E-state index is 11.1. The number of nitrogens with zero attached hydrogens (tertiary/aromatic N) is 1. The number of hydrogen-bond acceptors (Lipinski definition) is 3. The second-order valence-corrected chi connectivity index (χ2v) is 3.71. The van der Waals surface area contributed by atoms with E-state index in [0.29, 0.717) is 16.7 Å². The Balaban J connectivity index is 2.48. The first-order valence-electron chi connectivity index (χ1n) is 5.16. The van der Waals surface area contributed by atoms with Crippen LogP contribution in [0.5, 0.6) is 0 Å². The SMILES string of the molecule is NC(=O)c1cccc(-c2cncc(C(=O)O)c2)c1. The highest BCUT2D eigenvalue weighted by Crippen LogP contribution is 2.20. The van der Waals surface area contributed by atoms with Gasteiger partial charge in [0.15, 0.2) is 0 Å². The van der Waals surface area contributed by atoms with E-state index >= 15 is 0 Å². The van der Waals surface area contributed by atoms with Crippen LogP contribution < -0.4 is 5.73 Å². The van der Waals surface area contributed by atoms with Crippen molar-refractivity contribution in [2.75, 3.05) is 0 Å². The van der Waals surface area contributed by atoms with Gasteiger partial charge in [-0.2, -0.15) is 0 Å². The number of carbonyl (C=O) groups is 2. The third-order valence-electron chi connectivity index (χ3n) is 2.47. The predicted octanol–water partition coefficient (Wildman–Crippen LogP) is 1.55. The molecule has 1 heterocycles. The Morgan fingerprint density at radius 2 is 1.78 bits per heavy atom. The number of hydrogen-bond donors (Lipinski definition) is 2. The quantitative estimate of drug-likeness (QED) is 0.853. The van der Waals surface area contributed by atoms with Gasteiger partial charge in [-0.05, 0) is 23.8 Å². The van der Waals surface area contributed by atoms with Crippen molar-refractivity contribution in [3.63, 3.8) is 0 Å². The second-order valence-electron chi connectivity index (χ2n) is 3.71. The average molecular weight is 242 g/mol. The molecule has 5 heteroatoms. The maximum atomic E-state index is 11.1. The minimum absolute atomic E-state index is 0.0944. The molecular formula is C13H10N2O3. The Morgan fingerprint density at radius 1 is 1.06 bits per heavy atom. The summed E-state index contributed by atoms with van der Waals surface area (Å²) in [7, 11) is 0. The molecule has 0 aliphatic carbocycles. The number of amides is 1. The fourth-order valence-electron chi connectivity index (χ4n) is 1.57. The summed E-state index contributed by atoms with van der Waals surface area (Å²) >= 11 is 0. The van der Waals surface area contributed by atoms with Gasteiger partial charge in [0, 0.05) is 23.5 Å². The first-order chi connectivity index (χ1) is 8.58. The number of nitrogens with two attached hydrogens (primary N) is 1. The molecule has 18 heavy (non-hydrogen) atoms. The molecule has 90 valence electrons. The van der Waals surface area contributed by atoms with Gasteiger partial charge >= 0.3 is 5.97 Å². The molecule has 0 aliphatic rings. The number of carboxylic acid groups (broad SMARTS) is 1. The van der Waals surface area contributed by atoms with Crippen molar-refractivity contribution in [3.05, 3.63) is 53.9 Å². The molecule has 0 fully saturated rings. The molecule has 0 saturated heterocycles. The number of primary amides is 1. The molecule has 1 aromatic heterocycles. The van der Waals surface area contributed by atoms with Crippen molar-refractivity contribution < 1.29 is 14.7 Å². The fraction of sp³-hybridized carbons (Fsp3) is 0. The van der Waals surface area contributed by atoms with Crippen LogP contribution in [0.3, 0.4) is 0 Å². The zero-order valence-electron chi connectivity index (χ0n) is 9.33. The number of pyridine rings is 1. The first-order valence-corrected chi connectivity index (χ1v) is 5.16. The topological polar surface area (TPSA) is 93.3 Å². The third-order valence-corrected chi connectivity index (χ3v) is 2.47. The lowest BCUT2D eigenvalue weighted by molar-refractivity contribution is 0.0696. The molecule has 0 aliphatic heterocycles. The first kappa shape index (κ1) is 11.8. The van der Waals surface area contributed by atoms with E-state index < -0.39 is 11.9 Å². The van der Waals surface area contributed by atoms with E-state index in [-0.39, 0.29) is 5.56 Å². The summed E-state index contributed by atoms with van der Waals surface area (Å²) in [6.07, 6.45) is 2.80. The molecule has 3 N–H and O–H groups in total. The number of aromatic carboxylic acids is 1. The minimum Gasteiger partial charge on any atom is -0.478 e. The summed E-state index contributed by atoms with van der Waals surface area (Å²) in [5.41, 5.74) is 6.97. The number of rotatable bonds is 3. The van der Waals surface area contributed by atoms with E-state index in [2.05, 4.69) is 4.98 Å². The maximum Gasteiger partial charge on any atom is 0.337 e. The lowest BCUT2D eigenvalue weighted by Crippen LogP contribution is -2.10. The molecule has 0 bridgehead atoms. The van der Waals surface area contributed by atoms with Crippen molar-refractivity contribution in [2.45, 2.75) is 0 Å². The van der Waals surface area contributed by atoms with Crippen molar-refractivity contribution in [1.82, 2.24) is 4.98 Å². The lowest BCUT2D eigenvalue weighted by atomic mass is 10.0. The van der Waals surface area contributed by atoms with Crippen molar-refractivity contribution in [2.24, 2.45) is 5.73 Å². The lowest BCUT2D eigenvalue weighted by Gasteiger charge is -2.04. The van der Waals surface area contributed by atoms with Crippen LogP contribution in [-0.4, -0.2) is 22.0 Å². The Hall–Kier alpha value is -2.69. The third kappa shape index (κ3) is 2.35. The van der Waals surface area contributed by atoms with Crippen molar-refractivity contribution in [1.29, 1.82) is 0 Å². The second kappa shape index (κ2) is 4.67. The monoisotopic (exact) mass is 242 g/mol. The van der Waals surface area contributed by atoms with Crippen molar-refractivity contribution >= 4 is 11.9 Å². The van der Waals surface area contributed by atoms with Crippen LogP contribution in [0.15, 0.2) is 42.7 Å². The molecule has 2 aromatic rings. The zero-order chi connectivity index (χ0) is 13.1. The Morgan fingerprint density at radius 3 is 2.44 bits per heavy atom. The van der Waals surface area contributed by atoms with E-state index in [1.54, 1.807) is 24.3 Å². The summed E-state index contributed by atoms with van der Waals surface area (Å²) in [6.45, 7) is 0. The number of carbonyl (C=O) groups excluding carboxylic acids is 1. The number of carboxylic acids is 1. The van der Waals surface area contributed by atoms with Crippen LogP contribution in [0, 0.1) is 0 Å². The van der Waals surface area contributed by atoms with Crippen molar-refractivity contribution in [3.8, 4) is 11.1 Å². The normalized spacial score (nSPS) is 10.0. The van der Waals surface area contributed by atoms with E-state index in [4.69, 9.17) is 10.8 Å².